The number of nitrogens with zero attached hydrogens (tertiary/aromatic N) is 1. The van der Waals surface area contributed by atoms with Crippen LogP contribution in [-0.4, -0.2) is 4.98 Å². The van der Waals surface area contributed by atoms with E-state index in [2.05, 4.69) is 49.2 Å². The highest BCUT2D eigenvalue weighted by Crippen LogP contribution is 2.14. The van der Waals surface area contributed by atoms with E-state index >= 15 is 0 Å². The summed E-state index contributed by atoms with van der Waals surface area (Å²) < 4.78 is 0. The van der Waals surface area contributed by atoms with E-state index in [0.717, 1.165) is 6.42 Å². The number of aryl methyl sites for hydroxylation is 1. The van der Waals surface area contributed by atoms with Gasteiger partial charge in [-0.3, -0.25) is 4.98 Å². The summed E-state index contributed by atoms with van der Waals surface area (Å²) in [5.74, 6) is 0. The van der Waals surface area contributed by atoms with Crippen molar-refractivity contribution in [2.75, 3.05) is 0 Å². The third kappa shape index (κ3) is 3.28. The third-order valence-electron chi connectivity index (χ3n) is 2.81. The van der Waals surface area contributed by atoms with Crippen molar-refractivity contribution in [3.8, 4) is 0 Å². The van der Waals surface area contributed by atoms with Crippen molar-refractivity contribution in [2.45, 2.75) is 20.3 Å². The molecular weight excluding hydrogens is 206 g/mol. The summed E-state index contributed by atoms with van der Waals surface area (Å²) >= 11 is 0. The fourth-order valence-corrected chi connectivity index (χ4v) is 1.86. The van der Waals surface area contributed by atoms with E-state index in [9.17, 15) is 0 Å². The molecule has 0 aliphatic heterocycles. The molecule has 0 unspecified atom stereocenters. The van der Waals surface area contributed by atoms with Gasteiger partial charge in [-0.1, -0.05) is 42.0 Å². The van der Waals surface area contributed by atoms with Crippen LogP contribution in [0, 0.1) is 6.92 Å². The molecule has 0 radical (unpaired) electrons. The Hall–Kier alpha value is -1.89. The van der Waals surface area contributed by atoms with Crippen LogP contribution in [0.5, 0.6) is 0 Å². The quantitative estimate of drug-likeness (QED) is 0.765. The fourth-order valence-electron chi connectivity index (χ4n) is 1.86. The predicted molar refractivity (Wildman–Crippen MR) is 72.8 cm³/mol. The van der Waals surface area contributed by atoms with Gasteiger partial charge in [-0.2, -0.15) is 0 Å². The Balaban J connectivity index is 2.16. The lowest BCUT2D eigenvalue weighted by atomic mass is 10.0. The standard InChI is InChI=1S/C16H17N/c1-13(10-15-6-4-3-5-7-15)11-16-12-17-9-8-14(16)2/h3-9,11-12H,10H2,1-2H3/b13-11+. The molecule has 1 nitrogen and oxygen atoms in total. The summed E-state index contributed by atoms with van der Waals surface area (Å²) in [5.41, 5.74) is 5.18. The highest BCUT2D eigenvalue weighted by molar-refractivity contribution is 5.55. The lowest BCUT2D eigenvalue weighted by Gasteiger charge is -2.03. The number of pyridine rings is 1. The summed E-state index contributed by atoms with van der Waals surface area (Å²) in [5, 5.41) is 0. The smallest absolute Gasteiger partial charge is 0.0342 e. The van der Waals surface area contributed by atoms with Gasteiger partial charge in [0.25, 0.3) is 0 Å². The lowest BCUT2D eigenvalue weighted by Crippen LogP contribution is -1.88. The van der Waals surface area contributed by atoms with Crippen molar-refractivity contribution >= 4 is 6.08 Å². The zero-order chi connectivity index (χ0) is 12.1. The average Bonchev–Trinajstić information content (AvgIpc) is 2.33. The van der Waals surface area contributed by atoms with Crippen molar-refractivity contribution < 1.29 is 0 Å². The van der Waals surface area contributed by atoms with Crippen molar-refractivity contribution in [3.63, 3.8) is 0 Å². The molecule has 0 aliphatic rings. The van der Waals surface area contributed by atoms with Gasteiger partial charge < -0.3 is 0 Å². The van der Waals surface area contributed by atoms with Gasteiger partial charge in [-0.25, -0.2) is 0 Å². The molecule has 0 spiro atoms. The lowest BCUT2D eigenvalue weighted by molar-refractivity contribution is 1.15. The maximum Gasteiger partial charge on any atom is 0.0342 e. The third-order valence-corrected chi connectivity index (χ3v) is 2.81. The summed E-state index contributed by atoms with van der Waals surface area (Å²) in [4.78, 5) is 4.16. The molecule has 1 heteroatoms. The van der Waals surface area contributed by atoms with Crippen LogP contribution in [0.3, 0.4) is 0 Å². The normalized spacial score (nSPS) is 11.5. The first-order chi connectivity index (χ1) is 8.25. The van der Waals surface area contributed by atoms with Crippen molar-refractivity contribution in [2.24, 2.45) is 0 Å². The van der Waals surface area contributed by atoms with E-state index < -0.39 is 0 Å². The molecule has 0 fully saturated rings. The molecule has 1 aromatic carbocycles. The van der Waals surface area contributed by atoms with Crippen molar-refractivity contribution in [3.05, 3.63) is 71.1 Å². The first-order valence-electron chi connectivity index (χ1n) is 5.87. The van der Waals surface area contributed by atoms with Gasteiger partial charge in [0.05, 0.1) is 0 Å². The monoisotopic (exact) mass is 223 g/mol. The van der Waals surface area contributed by atoms with Gasteiger partial charge in [0, 0.05) is 12.4 Å². The molecule has 17 heavy (non-hydrogen) atoms. The van der Waals surface area contributed by atoms with Gasteiger partial charge in [0.2, 0.25) is 0 Å². The molecular formula is C16H17N. The number of hydrogen-bond donors (Lipinski definition) is 0. The van der Waals surface area contributed by atoms with Crippen LogP contribution >= 0.6 is 0 Å². The molecule has 0 N–H and O–H groups in total. The van der Waals surface area contributed by atoms with Gasteiger partial charge in [-0.05, 0) is 43.0 Å². The molecule has 0 saturated carbocycles. The maximum atomic E-state index is 4.16. The average molecular weight is 223 g/mol. The second-order valence-electron chi connectivity index (χ2n) is 4.39. The van der Waals surface area contributed by atoms with Gasteiger partial charge in [0.15, 0.2) is 0 Å². The maximum absolute atomic E-state index is 4.16. The van der Waals surface area contributed by atoms with E-state index in [0.29, 0.717) is 0 Å². The zero-order valence-corrected chi connectivity index (χ0v) is 10.4. The largest absolute Gasteiger partial charge is 0.264 e. The molecule has 0 saturated heterocycles. The molecule has 0 bridgehead atoms. The molecule has 1 heterocycles. The summed E-state index contributed by atoms with van der Waals surface area (Å²) in [6.45, 7) is 4.28. The highest BCUT2D eigenvalue weighted by Gasteiger charge is 1.97. The molecule has 1 aromatic heterocycles. The van der Waals surface area contributed by atoms with E-state index in [1.165, 1.54) is 22.3 Å². The minimum Gasteiger partial charge on any atom is -0.264 e. The molecule has 2 rings (SSSR count). The van der Waals surface area contributed by atoms with Crippen molar-refractivity contribution in [1.29, 1.82) is 0 Å². The van der Waals surface area contributed by atoms with Crippen molar-refractivity contribution in [1.82, 2.24) is 4.98 Å². The molecule has 0 amide bonds. The number of rotatable bonds is 3. The Morgan fingerprint density at radius 2 is 1.94 bits per heavy atom. The van der Waals surface area contributed by atoms with Gasteiger partial charge >= 0.3 is 0 Å². The zero-order valence-electron chi connectivity index (χ0n) is 10.4. The molecule has 0 aliphatic carbocycles. The van der Waals surface area contributed by atoms with E-state index in [-0.39, 0.29) is 0 Å². The second-order valence-corrected chi connectivity index (χ2v) is 4.39. The molecule has 86 valence electrons. The van der Waals surface area contributed by atoms with Gasteiger partial charge in [-0.15, -0.1) is 0 Å². The summed E-state index contributed by atoms with van der Waals surface area (Å²) in [7, 11) is 0. The van der Waals surface area contributed by atoms with Crippen LogP contribution in [0.4, 0.5) is 0 Å². The van der Waals surface area contributed by atoms with E-state index in [1.54, 1.807) is 0 Å². The first kappa shape index (κ1) is 11.6. The van der Waals surface area contributed by atoms with Crippen LogP contribution in [0.1, 0.15) is 23.6 Å². The Labute approximate surface area is 103 Å². The Kier molecular flexibility index (Phi) is 3.71. The van der Waals surface area contributed by atoms with E-state index in [1.807, 2.05) is 24.5 Å². The topological polar surface area (TPSA) is 12.9 Å². The fraction of sp³-hybridized carbons (Fsp3) is 0.188. The minimum absolute atomic E-state index is 0.995. The predicted octanol–water partition coefficient (Wildman–Crippen LogP) is 4.04. The highest BCUT2D eigenvalue weighted by atomic mass is 14.6. The van der Waals surface area contributed by atoms with Crippen LogP contribution in [0.15, 0.2) is 54.4 Å². The van der Waals surface area contributed by atoms with Crippen LogP contribution in [0.2, 0.25) is 0 Å². The molecule has 2 aromatic rings. The Morgan fingerprint density at radius 3 is 2.65 bits per heavy atom. The first-order valence-corrected chi connectivity index (χ1v) is 5.87. The number of allylic oxidation sites excluding steroid dienone is 1. The second kappa shape index (κ2) is 5.44. The number of aromatic nitrogens is 1. The Morgan fingerprint density at radius 1 is 1.18 bits per heavy atom. The van der Waals surface area contributed by atoms with E-state index in [4.69, 9.17) is 0 Å². The van der Waals surface area contributed by atoms with Crippen LogP contribution < -0.4 is 0 Å². The number of hydrogen-bond acceptors (Lipinski definition) is 1. The summed E-state index contributed by atoms with van der Waals surface area (Å²) in [6, 6.07) is 12.6. The Bertz CT molecular complexity index is 512. The van der Waals surface area contributed by atoms with Gasteiger partial charge in [0.1, 0.15) is 0 Å². The summed E-state index contributed by atoms with van der Waals surface area (Å²) in [6.07, 6.45) is 6.97. The van der Waals surface area contributed by atoms with Crippen LogP contribution in [-0.2, 0) is 6.42 Å². The minimum atomic E-state index is 0.995. The number of benzene rings is 1. The molecule has 0 atom stereocenters. The SMILES string of the molecule is C/C(=C\c1cnccc1C)Cc1ccccc1. The van der Waals surface area contributed by atoms with Crippen LogP contribution in [0.25, 0.3) is 6.08 Å².